The third kappa shape index (κ3) is 2.62. The third-order valence-electron chi connectivity index (χ3n) is 4.36. The van der Waals surface area contributed by atoms with Gasteiger partial charge in [0.25, 0.3) is 0 Å². The van der Waals surface area contributed by atoms with Crippen molar-refractivity contribution in [1.82, 2.24) is 10.1 Å². The molecule has 2 N–H and O–H groups in total. The zero-order valence-corrected chi connectivity index (χ0v) is 13.4. The first-order valence-electron chi connectivity index (χ1n) is 7.06. The number of hydrogen-bond acceptors (Lipinski definition) is 4. The molecule has 4 nitrogen and oxygen atoms in total. The molecule has 6 heteroatoms. The molecule has 3 rings (SSSR count). The molecule has 0 aliphatic heterocycles. The summed E-state index contributed by atoms with van der Waals surface area (Å²) in [5.74, 6) is 0.594. The van der Waals surface area contributed by atoms with Gasteiger partial charge in [0.1, 0.15) is 5.82 Å². The molecule has 1 saturated carbocycles. The highest BCUT2D eigenvalue weighted by Crippen LogP contribution is 2.38. The number of rotatable bonds is 2. The molecule has 0 bridgehead atoms. The number of nitrogens with zero attached hydrogens (tertiary/aromatic N) is 2. The normalized spacial score (nSPS) is 26.0. The Balaban J connectivity index is 1.98. The molecule has 0 amide bonds. The van der Waals surface area contributed by atoms with E-state index in [4.69, 9.17) is 10.3 Å². The van der Waals surface area contributed by atoms with Gasteiger partial charge >= 0.3 is 0 Å². The van der Waals surface area contributed by atoms with Crippen molar-refractivity contribution in [2.45, 2.75) is 44.1 Å². The van der Waals surface area contributed by atoms with E-state index in [-0.39, 0.29) is 17.3 Å². The summed E-state index contributed by atoms with van der Waals surface area (Å²) in [6, 6.07) is 4.42. The van der Waals surface area contributed by atoms with Crippen molar-refractivity contribution in [1.29, 1.82) is 0 Å². The fraction of sp³-hybridized carbons (Fsp3) is 0.467. The van der Waals surface area contributed by atoms with E-state index < -0.39 is 0 Å². The molecular weight excluding hydrogens is 337 g/mol. The summed E-state index contributed by atoms with van der Waals surface area (Å²) in [7, 11) is 0. The van der Waals surface area contributed by atoms with E-state index in [2.05, 4.69) is 33.0 Å². The summed E-state index contributed by atoms with van der Waals surface area (Å²) in [5.41, 5.74) is 6.53. The topological polar surface area (TPSA) is 64.9 Å². The van der Waals surface area contributed by atoms with E-state index in [1.807, 2.05) is 0 Å². The maximum atomic E-state index is 13.4. The highest BCUT2D eigenvalue weighted by Gasteiger charge is 2.40. The Morgan fingerprint density at radius 1 is 1.43 bits per heavy atom. The zero-order chi connectivity index (χ0) is 15.0. The Hall–Kier alpha value is -1.27. The van der Waals surface area contributed by atoms with Crippen LogP contribution < -0.4 is 5.73 Å². The second-order valence-corrected chi connectivity index (χ2v) is 6.67. The molecule has 1 aromatic heterocycles. The number of halogens is 2. The van der Waals surface area contributed by atoms with Crippen LogP contribution in [0.25, 0.3) is 11.4 Å². The number of nitrogens with two attached hydrogens (primary N) is 1. The van der Waals surface area contributed by atoms with Gasteiger partial charge in [0.15, 0.2) is 0 Å². The lowest BCUT2D eigenvalue weighted by Gasteiger charge is -2.35. The van der Waals surface area contributed by atoms with Crippen LogP contribution in [0.15, 0.2) is 27.2 Å². The van der Waals surface area contributed by atoms with Crippen molar-refractivity contribution in [3.63, 3.8) is 0 Å². The van der Waals surface area contributed by atoms with Crippen LogP contribution in [0.3, 0.4) is 0 Å². The monoisotopic (exact) mass is 353 g/mol. The number of benzene rings is 1. The van der Waals surface area contributed by atoms with Crippen LogP contribution in [0.4, 0.5) is 4.39 Å². The average Bonchev–Trinajstić information content (AvgIpc) is 2.95. The summed E-state index contributed by atoms with van der Waals surface area (Å²) in [5, 5.41) is 4.00. The lowest BCUT2D eigenvalue weighted by atomic mass is 9.72. The molecule has 21 heavy (non-hydrogen) atoms. The Kier molecular flexibility index (Phi) is 3.84. The summed E-state index contributed by atoms with van der Waals surface area (Å²) < 4.78 is 19.6. The van der Waals surface area contributed by atoms with Gasteiger partial charge in [-0.1, -0.05) is 33.9 Å². The molecule has 1 aliphatic carbocycles. The van der Waals surface area contributed by atoms with E-state index in [1.54, 1.807) is 6.07 Å². The van der Waals surface area contributed by atoms with E-state index >= 15 is 0 Å². The second-order valence-electron chi connectivity index (χ2n) is 5.82. The molecule has 2 aromatic rings. The largest absolute Gasteiger partial charge is 0.338 e. The van der Waals surface area contributed by atoms with Crippen molar-refractivity contribution in [3.05, 3.63) is 34.4 Å². The molecule has 2 atom stereocenters. The lowest BCUT2D eigenvalue weighted by molar-refractivity contribution is 0.203. The van der Waals surface area contributed by atoms with Crippen molar-refractivity contribution in [2.75, 3.05) is 0 Å². The summed E-state index contributed by atoms with van der Waals surface area (Å²) >= 11 is 3.38. The first-order chi connectivity index (χ1) is 10.0. The van der Waals surface area contributed by atoms with Gasteiger partial charge in [-0.3, -0.25) is 0 Å². The molecular formula is C15H17BrFN3O. The van der Waals surface area contributed by atoms with E-state index in [1.165, 1.54) is 12.1 Å². The predicted octanol–water partition coefficient (Wildman–Crippen LogP) is 3.80. The first-order valence-corrected chi connectivity index (χ1v) is 7.85. The summed E-state index contributed by atoms with van der Waals surface area (Å²) in [6.07, 6.45) is 4.12. The van der Waals surface area contributed by atoms with E-state index in [0.717, 1.165) is 30.2 Å². The van der Waals surface area contributed by atoms with Gasteiger partial charge in [0.05, 0.1) is 5.41 Å². The van der Waals surface area contributed by atoms with Crippen LogP contribution >= 0.6 is 15.9 Å². The van der Waals surface area contributed by atoms with Crippen molar-refractivity contribution >= 4 is 15.9 Å². The minimum absolute atomic E-state index is 0.00972. The van der Waals surface area contributed by atoms with Gasteiger partial charge in [-0.05, 0) is 38.0 Å². The fourth-order valence-corrected chi connectivity index (χ4v) is 3.28. The Bertz CT molecular complexity index is 660. The average molecular weight is 354 g/mol. The van der Waals surface area contributed by atoms with Crippen LogP contribution in [-0.4, -0.2) is 16.2 Å². The minimum atomic E-state index is -0.333. The van der Waals surface area contributed by atoms with Crippen molar-refractivity contribution < 1.29 is 8.91 Å². The van der Waals surface area contributed by atoms with Gasteiger partial charge in [-0.15, -0.1) is 0 Å². The Morgan fingerprint density at radius 3 is 3.00 bits per heavy atom. The van der Waals surface area contributed by atoms with Crippen LogP contribution in [0.2, 0.25) is 0 Å². The molecule has 1 fully saturated rings. The molecule has 2 unspecified atom stereocenters. The molecule has 112 valence electrons. The molecule has 1 heterocycles. The van der Waals surface area contributed by atoms with E-state index in [0.29, 0.717) is 17.3 Å². The maximum absolute atomic E-state index is 13.4. The van der Waals surface area contributed by atoms with Gasteiger partial charge in [0, 0.05) is 16.1 Å². The quantitative estimate of drug-likeness (QED) is 0.891. The smallest absolute Gasteiger partial charge is 0.234 e. The van der Waals surface area contributed by atoms with Crippen LogP contribution in [-0.2, 0) is 5.41 Å². The SMILES string of the molecule is CC1(c2nc(-c3cc(F)ccc3Br)no2)CCCCC1N. The Labute approximate surface area is 131 Å². The number of hydrogen-bond donors (Lipinski definition) is 1. The molecule has 0 saturated heterocycles. The van der Waals surface area contributed by atoms with Gasteiger partial charge in [0.2, 0.25) is 11.7 Å². The first kappa shape index (κ1) is 14.7. The second kappa shape index (κ2) is 5.50. The number of aromatic nitrogens is 2. The van der Waals surface area contributed by atoms with Crippen molar-refractivity contribution in [3.8, 4) is 11.4 Å². The summed E-state index contributed by atoms with van der Waals surface area (Å²) in [6.45, 7) is 2.06. The zero-order valence-electron chi connectivity index (χ0n) is 11.8. The fourth-order valence-electron chi connectivity index (χ4n) is 2.86. The molecule has 1 aromatic carbocycles. The predicted molar refractivity (Wildman–Crippen MR) is 81.2 cm³/mol. The van der Waals surface area contributed by atoms with Crippen LogP contribution in [0.1, 0.15) is 38.5 Å². The highest BCUT2D eigenvalue weighted by molar-refractivity contribution is 9.10. The van der Waals surface area contributed by atoms with Crippen LogP contribution in [0, 0.1) is 5.82 Å². The van der Waals surface area contributed by atoms with Gasteiger partial charge in [-0.2, -0.15) is 4.98 Å². The molecule has 0 radical (unpaired) electrons. The van der Waals surface area contributed by atoms with Crippen molar-refractivity contribution in [2.24, 2.45) is 5.73 Å². The van der Waals surface area contributed by atoms with Crippen LogP contribution in [0.5, 0.6) is 0 Å². The molecule has 1 aliphatic rings. The molecule has 0 spiro atoms. The van der Waals surface area contributed by atoms with Gasteiger partial charge < -0.3 is 10.3 Å². The lowest BCUT2D eigenvalue weighted by Crippen LogP contribution is -2.45. The van der Waals surface area contributed by atoms with Gasteiger partial charge in [-0.25, -0.2) is 4.39 Å². The summed E-state index contributed by atoms with van der Waals surface area (Å²) in [4.78, 5) is 4.47. The minimum Gasteiger partial charge on any atom is -0.338 e. The van der Waals surface area contributed by atoms with E-state index in [9.17, 15) is 4.39 Å². The standard InChI is InChI=1S/C15H17BrFN3O/c1-15(7-3-2-4-12(15)18)14-19-13(20-21-14)10-8-9(17)5-6-11(10)16/h5-6,8,12H,2-4,7,18H2,1H3. The highest BCUT2D eigenvalue weighted by atomic mass is 79.9. The third-order valence-corrected chi connectivity index (χ3v) is 5.06. The maximum Gasteiger partial charge on any atom is 0.234 e. The Morgan fingerprint density at radius 2 is 2.24 bits per heavy atom.